The molecule has 0 saturated carbocycles. The molecule has 1 fully saturated rings. The lowest BCUT2D eigenvalue weighted by molar-refractivity contribution is -0.311. The number of hydrogen-bond donors (Lipinski definition) is 2. The van der Waals surface area contributed by atoms with E-state index in [0.717, 1.165) is 0 Å². The first-order chi connectivity index (χ1) is 4.20. The molecule has 0 unspecified atom stereocenters. The molecule has 4 nitrogen and oxygen atoms in total. The van der Waals surface area contributed by atoms with E-state index in [1.165, 1.54) is 0 Å². The second-order valence-electron chi connectivity index (χ2n) is 2.06. The minimum Gasteiger partial charge on any atom is -0.364 e. The van der Waals surface area contributed by atoms with E-state index in [4.69, 9.17) is 14.9 Å². The summed E-state index contributed by atoms with van der Waals surface area (Å²) in [6.07, 6.45) is -2.50. The van der Waals surface area contributed by atoms with Gasteiger partial charge < -0.3 is 19.7 Å². The van der Waals surface area contributed by atoms with E-state index >= 15 is 0 Å². The molecule has 9 heavy (non-hydrogen) atoms. The third-order valence-corrected chi connectivity index (χ3v) is 1.12. The van der Waals surface area contributed by atoms with Crippen LogP contribution in [-0.4, -0.2) is 35.5 Å². The van der Waals surface area contributed by atoms with Gasteiger partial charge in [0.1, 0.15) is 0 Å². The molecule has 1 aliphatic rings. The van der Waals surface area contributed by atoms with Crippen LogP contribution in [0.15, 0.2) is 0 Å². The van der Waals surface area contributed by atoms with Crippen LogP contribution in [0.3, 0.4) is 0 Å². The largest absolute Gasteiger partial charge is 0.364 e. The molecule has 0 aromatic rings. The summed E-state index contributed by atoms with van der Waals surface area (Å²) in [7, 11) is 0. The van der Waals surface area contributed by atoms with E-state index in [0.29, 0.717) is 6.61 Å². The summed E-state index contributed by atoms with van der Waals surface area (Å²) in [5, 5.41) is 17.4. The van der Waals surface area contributed by atoms with Crippen molar-refractivity contribution < 1.29 is 19.7 Å². The summed E-state index contributed by atoms with van der Waals surface area (Å²) >= 11 is 0. The Labute approximate surface area is 53.0 Å². The summed E-state index contributed by atoms with van der Waals surface area (Å²) in [6.45, 7) is 2.09. The van der Waals surface area contributed by atoms with Gasteiger partial charge >= 0.3 is 0 Å². The molecule has 0 aliphatic carbocycles. The normalized spacial score (nSPS) is 45.0. The van der Waals surface area contributed by atoms with Crippen LogP contribution in [0.4, 0.5) is 0 Å². The summed E-state index contributed by atoms with van der Waals surface area (Å²) in [6, 6.07) is 0. The van der Waals surface area contributed by atoms with Crippen molar-refractivity contribution in [3.8, 4) is 0 Å². The molecular weight excluding hydrogens is 124 g/mol. The van der Waals surface area contributed by atoms with Crippen LogP contribution in [0.5, 0.6) is 0 Å². The zero-order valence-corrected chi connectivity index (χ0v) is 5.15. The number of rotatable bonds is 0. The van der Waals surface area contributed by atoms with Gasteiger partial charge in [0, 0.05) is 0 Å². The Hall–Kier alpha value is -0.160. The van der Waals surface area contributed by atoms with Crippen LogP contribution in [-0.2, 0) is 9.47 Å². The average Bonchev–Trinajstić information content (AvgIpc) is 1.80. The van der Waals surface area contributed by atoms with Crippen molar-refractivity contribution in [1.82, 2.24) is 0 Å². The summed E-state index contributed by atoms with van der Waals surface area (Å²) in [5.74, 6) is 0. The van der Waals surface area contributed by atoms with E-state index in [1.54, 1.807) is 6.92 Å². The average molecular weight is 134 g/mol. The van der Waals surface area contributed by atoms with Gasteiger partial charge in [-0.05, 0) is 6.92 Å². The van der Waals surface area contributed by atoms with Crippen molar-refractivity contribution in [2.24, 2.45) is 0 Å². The third kappa shape index (κ3) is 1.62. The highest BCUT2D eigenvalue weighted by molar-refractivity contribution is 4.58. The highest BCUT2D eigenvalue weighted by Crippen LogP contribution is 2.09. The van der Waals surface area contributed by atoms with Gasteiger partial charge in [0.2, 0.25) is 12.6 Å². The Bertz CT molecular complexity index is 95.0. The Balaban J connectivity index is 2.35. The summed E-state index contributed by atoms with van der Waals surface area (Å²) < 4.78 is 9.46. The second-order valence-corrected chi connectivity index (χ2v) is 2.06. The molecule has 1 saturated heterocycles. The monoisotopic (exact) mass is 134 g/mol. The first-order valence-electron chi connectivity index (χ1n) is 2.83. The lowest BCUT2D eigenvalue weighted by atomic mass is 10.4. The molecule has 0 spiro atoms. The fourth-order valence-electron chi connectivity index (χ4n) is 0.661. The van der Waals surface area contributed by atoms with Crippen LogP contribution in [0.25, 0.3) is 0 Å². The van der Waals surface area contributed by atoms with Crippen LogP contribution >= 0.6 is 0 Å². The van der Waals surface area contributed by atoms with Crippen LogP contribution in [0.1, 0.15) is 6.92 Å². The molecule has 0 amide bonds. The van der Waals surface area contributed by atoms with Gasteiger partial charge in [0.05, 0.1) is 12.7 Å². The fraction of sp³-hybridized carbons (Fsp3) is 1.00. The first-order valence-corrected chi connectivity index (χ1v) is 2.83. The van der Waals surface area contributed by atoms with Gasteiger partial charge in [-0.25, -0.2) is 0 Å². The molecule has 54 valence electrons. The number of aliphatic hydroxyl groups is 2. The van der Waals surface area contributed by atoms with Gasteiger partial charge in [-0.15, -0.1) is 0 Å². The predicted molar refractivity (Wildman–Crippen MR) is 28.5 cm³/mol. The van der Waals surface area contributed by atoms with Crippen LogP contribution in [0.2, 0.25) is 0 Å². The number of aliphatic hydroxyl groups excluding tert-OH is 2. The number of ether oxygens (including phenoxy) is 2. The minimum absolute atomic E-state index is 0.136. The maximum atomic E-state index is 8.75. The maximum Gasteiger partial charge on any atom is 0.207 e. The van der Waals surface area contributed by atoms with Gasteiger partial charge in [-0.2, -0.15) is 0 Å². The van der Waals surface area contributed by atoms with E-state index < -0.39 is 12.6 Å². The molecule has 1 rings (SSSR count). The van der Waals surface area contributed by atoms with Gasteiger partial charge in [0.25, 0.3) is 0 Å². The van der Waals surface area contributed by atoms with E-state index in [1.807, 2.05) is 0 Å². The Kier molecular flexibility index (Phi) is 2.02. The van der Waals surface area contributed by atoms with E-state index in [-0.39, 0.29) is 6.10 Å². The topological polar surface area (TPSA) is 58.9 Å². The van der Waals surface area contributed by atoms with Crippen molar-refractivity contribution in [2.45, 2.75) is 25.6 Å². The first kappa shape index (κ1) is 6.95. The standard InChI is InChI=1S/C5H10O4/c1-3-2-8-4(6)5(7)9-3/h3-7H,2H2,1H3/t3-,4-,5-/m1/s1. The molecular formula is C5H10O4. The van der Waals surface area contributed by atoms with Crippen molar-refractivity contribution in [3.05, 3.63) is 0 Å². The van der Waals surface area contributed by atoms with Crippen molar-refractivity contribution in [2.75, 3.05) is 6.61 Å². The smallest absolute Gasteiger partial charge is 0.207 e. The van der Waals surface area contributed by atoms with Crippen molar-refractivity contribution >= 4 is 0 Å². The van der Waals surface area contributed by atoms with Crippen molar-refractivity contribution in [3.63, 3.8) is 0 Å². The van der Waals surface area contributed by atoms with Crippen LogP contribution < -0.4 is 0 Å². The molecule has 1 heterocycles. The van der Waals surface area contributed by atoms with Gasteiger partial charge in [0.15, 0.2) is 0 Å². The highest BCUT2D eigenvalue weighted by Gasteiger charge is 2.25. The van der Waals surface area contributed by atoms with E-state index in [2.05, 4.69) is 4.74 Å². The predicted octanol–water partition coefficient (Wildman–Crippen LogP) is -0.942. The number of hydrogen-bond acceptors (Lipinski definition) is 4. The fourth-order valence-corrected chi connectivity index (χ4v) is 0.661. The van der Waals surface area contributed by atoms with Crippen LogP contribution in [0, 0.1) is 0 Å². The Morgan fingerprint density at radius 3 is 2.44 bits per heavy atom. The lowest BCUT2D eigenvalue weighted by Gasteiger charge is -2.28. The molecule has 0 radical (unpaired) electrons. The SMILES string of the molecule is C[C@@H]1CO[C@@H](O)[C@H](O)O1. The molecule has 0 aromatic heterocycles. The summed E-state index contributed by atoms with van der Waals surface area (Å²) in [5.41, 5.74) is 0. The van der Waals surface area contributed by atoms with E-state index in [9.17, 15) is 0 Å². The van der Waals surface area contributed by atoms with Crippen molar-refractivity contribution in [1.29, 1.82) is 0 Å². The zero-order valence-electron chi connectivity index (χ0n) is 5.15. The Morgan fingerprint density at radius 2 is 2.00 bits per heavy atom. The minimum atomic E-state index is -1.19. The molecule has 2 N–H and O–H groups in total. The molecule has 0 bridgehead atoms. The molecule has 0 aromatic carbocycles. The lowest BCUT2D eigenvalue weighted by Crippen LogP contribution is -2.42. The second kappa shape index (κ2) is 2.62. The summed E-state index contributed by atoms with van der Waals surface area (Å²) in [4.78, 5) is 0. The molecule has 3 atom stereocenters. The Morgan fingerprint density at radius 1 is 1.33 bits per heavy atom. The maximum absolute atomic E-state index is 8.75. The molecule has 1 aliphatic heterocycles. The zero-order chi connectivity index (χ0) is 6.85. The molecule has 4 heteroatoms. The van der Waals surface area contributed by atoms with Gasteiger partial charge in [-0.3, -0.25) is 0 Å². The highest BCUT2D eigenvalue weighted by atomic mass is 16.7. The quantitative estimate of drug-likeness (QED) is 0.449. The third-order valence-electron chi connectivity index (χ3n) is 1.12. The van der Waals surface area contributed by atoms with Gasteiger partial charge in [-0.1, -0.05) is 0 Å².